The third kappa shape index (κ3) is 5.35. The van der Waals surface area contributed by atoms with Crippen molar-refractivity contribution >= 4 is 18.2 Å². The number of alkyl carbamates (subject to hydrolysis) is 2. The molecule has 1 aliphatic rings. The standard InChI is InChI=1S/C26H24N2O6/c29-24(30)23(28-26(32)33-15-17-8-2-1-3-9-17)14-27-25(31)34-16-22-20-12-6-4-10-18(20)19-11-5-7-13-21(19)22/h1-13,22-23H,14-16H2,(H,27,31)(H,28,32)(H,29,30). The number of benzene rings is 3. The quantitative estimate of drug-likeness (QED) is 0.470. The van der Waals surface area contributed by atoms with Crippen molar-refractivity contribution in [3.05, 3.63) is 95.6 Å². The van der Waals surface area contributed by atoms with Gasteiger partial charge in [0.15, 0.2) is 0 Å². The lowest BCUT2D eigenvalue weighted by Crippen LogP contribution is -2.48. The zero-order chi connectivity index (χ0) is 23.9. The molecule has 3 aromatic rings. The van der Waals surface area contributed by atoms with Crippen molar-refractivity contribution < 1.29 is 29.0 Å². The highest BCUT2D eigenvalue weighted by Crippen LogP contribution is 2.44. The van der Waals surface area contributed by atoms with Crippen LogP contribution in [0.15, 0.2) is 78.9 Å². The minimum atomic E-state index is -1.37. The van der Waals surface area contributed by atoms with Gasteiger partial charge in [-0.1, -0.05) is 78.9 Å². The maximum absolute atomic E-state index is 12.3. The molecule has 0 radical (unpaired) electrons. The fourth-order valence-electron chi connectivity index (χ4n) is 3.94. The van der Waals surface area contributed by atoms with Crippen LogP contribution in [0.2, 0.25) is 0 Å². The van der Waals surface area contributed by atoms with Crippen LogP contribution in [-0.4, -0.2) is 42.5 Å². The Labute approximate surface area is 196 Å². The van der Waals surface area contributed by atoms with Crippen molar-refractivity contribution in [3.63, 3.8) is 0 Å². The van der Waals surface area contributed by atoms with Gasteiger partial charge in [-0.25, -0.2) is 14.4 Å². The highest BCUT2D eigenvalue weighted by Gasteiger charge is 2.29. The second-order valence-corrected chi connectivity index (χ2v) is 7.80. The van der Waals surface area contributed by atoms with Gasteiger partial charge in [0, 0.05) is 5.92 Å². The van der Waals surface area contributed by atoms with Crippen molar-refractivity contribution in [3.8, 4) is 11.1 Å². The van der Waals surface area contributed by atoms with Gasteiger partial charge in [0.25, 0.3) is 0 Å². The van der Waals surface area contributed by atoms with E-state index in [9.17, 15) is 19.5 Å². The molecule has 1 atom stereocenters. The Kier molecular flexibility index (Phi) is 7.07. The topological polar surface area (TPSA) is 114 Å². The first kappa shape index (κ1) is 22.8. The van der Waals surface area contributed by atoms with Gasteiger partial charge in [-0.15, -0.1) is 0 Å². The molecule has 34 heavy (non-hydrogen) atoms. The van der Waals surface area contributed by atoms with Gasteiger partial charge >= 0.3 is 18.2 Å². The molecule has 8 heteroatoms. The number of carboxylic acid groups (broad SMARTS) is 1. The highest BCUT2D eigenvalue weighted by atomic mass is 16.6. The lowest BCUT2D eigenvalue weighted by Gasteiger charge is -2.17. The second kappa shape index (κ2) is 10.5. The molecule has 0 aromatic heterocycles. The molecule has 1 aliphatic carbocycles. The molecule has 0 heterocycles. The molecule has 3 aromatic carbocycles. The Bertz CT molecular complexity index is 1140. The summed E-state index contributed by atoms with van der Waals surface area (Å²) in [6.45, 7) is -0.255. The summed E-state index contributed by atoms with van der Waals surface area (Å²) in [5.41, 5.74) is 5.12. The summed E-state index contributed by atoms with van der Waals surface area (Å²) >= 11 is 0. The lowest BCUT2D eigenvalue weighted by atomic mass is 9.98. The van der Waals surface area contributed by atoms with Gasteiger partial charge in [-0.2, -0.15) is 0 Å². The predicted molar refractivity (Wildman–Crippen MR) is 124 cm³/mol. The van der Waals surface area contributed by atoms with E-state index in [2.05, 4.69) is 10.6 Å². The number of hydrogen-bond donors (Lipinski definition) is 3. The molecular weight excluding hydrogens is 436 g/mol. The Balaban J connectivity index is 1.28. The van der Waals surface area contributed by atoms with Crippen molar-refractivity contribution in [1.29, 1.82) is 0 Å². The Morgan fingerprint density at radius 3 is 2.00 bits per heavy atom. The number of rotatable bonds is 8. The minimum absolute atomic E-state index is 0.00117. The fourth-order valence-corrected chi connectivity index (χ4v) is 3.94. The number of carboxylic acids is 1. The van der Waals surface area contributed by atoms with Gasteiger partial charge in [-0.05, 0) is 27.8 Å². The van der Waals surface area contributed by atoms with E-state index < -0.39 is 24.2 Å². The fraction of sp³-hybridized carbons (Fsp3) is 0.192. The molecule has 174 valence electrons. The van der Waals surface area contributed by atoms with Crippen LogP contribution < -0.4 is 10.6 Å². The van der Waals surface area contributed by atoms with E-state index in [4.69, 9.17) is 9.47 Å². The van der Waals surface area contributed by atoms with Crippen LogP contribution in [0.4, 0.5) is 9.59 Å². The van der Waals surface area contributed by atoms with Crippen molar-refractivity contribution in [1.82, 2.24) is 10.6 Å². The number of hydrogen-bond acceptors (Lipinski definition) is 5. The maximum Gasteiger partial charge on any atom is 0.408 e. The van der Waals surface area contributed by atoms with Crippen molar-refractivity contribution in [2.45, 2.75) is 18.6 Å². The van der Waals surface area contributed by atoms with E-state index in [1.54, 1.807) is 24.3 Å². The maximum atomic E-state index is 12.3. The second-order valence-electron chi connectivity index (χ2n) is 7.80. The Morgan fingerprint density at radius 1 is 0.794 bits per heavy atom. The number of aliphatic carboxylic acids is 1. The van der Waals surface area contributed by atoms with Crippen LogP contribution in [-0.2, 0) is 20.9 Å². The lowest BCUT2D eigenvalue weighted by molar-refractivity contribution is -0.139. The summed E-state index contributed by atoms with van der Waals surface area (Å²) in [6, 6.07) is 23.5. The van der Waals surface area contributed by atoms with E-state index in [1.807, 2.05) is 54.6 Å². The van der Waals surface area contributed by atoms with Crippen LogP contribution >= 0.6 is 0 Å². The molecule has 0 saturated heterocycles. The molecule has 4 rings (SSSR count). The number of carbonyl (C=O) groups excluding carboxylic acids is 2. The molecule has 3 N–H and O–H groups in total. The number of ether oxygens (including phenoxy) is 2. The summed E-state index contributed by atoms with van der Waals surface area (Å²) in [5, 5.41) is 14.0. The Hall–Kier alpha value is -4.33. The smallest absolute Gasteiger partial charge is 0.408 e. The third-order valence-corrected chi connectivity index (χ3v) is 5.60. The van der Waals surface area contributed by atoms with Gasteiger partial charge in [0.05, 0.1) is 6.54 Å². The molecular formula is C26H24N2O6. The SMILES string of the molecule is O=C(NCC(NC(=O)OCc1ccccc1)C(=O)O)OCC1c2ccccc2-c2ccccc21. The minimum Gasteiger partial charge on any atom is -0.480 e. The third-order valence-electron chi connectivity index (χ3n) is 5.60. The average Bonchev–Trinajstić information content (AvgIpc) is 3.18. The van der Waals surface area contributed by atoms with Crippen molar-refractivity contribution in [2.24, 2.45) is 0 Å². The Morgan fingerprint density at radius 2 is 1.38 bits per heavy atom. The largest absolute Gasteiger partial charge is 0.480 e. The summed E-state index contributed by atoms with van der Waals surface area (Å²) in [7, 11) is 0. The molecule has 0 bridgehead atoms. The zero-order valence-electron chi connectivity index (χ0n) is 18.3. The first-order valence-corrected chi connectivity index (χ1v) is 10.8. The molecule has 8 nitrogen and oxygen atoms in total. The van der Waals surface area contributed by atoms with Gasteiger partial charge in [0.1, 0.15) is 19.3 Å². The summed E-state index contributed by atoms with van der Waals surface area (Å²) in [5.74, 6) is -1.42. The predicted octanol–water partition coefficient (Wildman–Crippen LogP) is 3.90. The van der Waals surface area contributed by atoms with E-state index in [1.165, 1.54) is 0 Å². The van der Waals surface area contributed by atoms with Gasteiger partial charge in [-0.3, -0.25) is 0 Å². The van der Waals surface area contributed by atoms with Crippen LogP contribution in [0.25, 0.3) is 11.1 Å². The van der Waals surface area contributed by atoms with Gasteiger partial charge < -0.3 is 25.2 Å². The highest BCUT2D eigenvalue weighted by molar-refractivity contribution is 5.81. The first-order chi connectivity index (χ1) is 16.5. The molecule has 0 saturated carbocycles. The number of fused-ring (bicyclic) bond motifs is 3. The van der Waals surface area contributed by atoms with E-state index in [-0.39, 0.29) is 25.7 Å². The van der Waals surface area contributed by atoms with E-state index in [0.29, 0.717) is 0 Å². The van der Waals surface area contributed by atoms with Gasteiger partial charge in [0.2, 0.25) is 0 Å². The van der Waals surface area contributed by atoms with Crippen LogP contribution in [0.1, 0.15) is 22.6 Å². The molecule has 1 unspecified atom stereocenters. The molecule has 0 fully saturated rings. The van der Waals surface area contributed by atoms with E-state index >= 15 is 0 Å². The van der Waals surface area contributed by atoms with Crippen LogP contribution in [0.3, 0.4) is 0 Å². The summed E-state index contributed by atoms with van der Waals surface area (Å²) in [4.78, 5) is 35.7. The monoisotopic (exact) mass is 460 g/mol. The number of amides is 2. The molecule has 0 aliphatic heterocycles. The summed E-state index contributed by atoms with van der Waals surface area (Å²) < 4.78 is 10.4. The molecule has 2 amide bonds. The van der Waals surface area contributed by atoms with E-state index in [0.717, 1.165) is 27.8 Å². The van der Waals surface area contributed by atoms with Crippen LogP contribution in [0.5, 0.6) is 0 Å². The number of nitrogens with one attached hydrogen (secondary N) is 2. The zero-order valence-corrected chi connectivity index (χ0v) is 18.3. The average molecular weight is 460 g/mol. The molecule has 0 spiro atoms. The number of carbonyl (C=O) groups is 3. The van der Waals surface area contributed by atoms with Crippen LogP contribution in [0, 0.1) is 0 Å². The summed E-state index contributed by atoms with van der Waals surface area (Å²) in [6.07, 6.45) is -1.67. The normalized spacial score (nSPS) is 12.7. The first-order valence-electron chi connectivity index (χ1n) is 10.8. The van der Waals surface area contributed by atoms with Crippen molar-refractivity contribution in [2.75, 3.05) is 13.2 Å².